The van der Waals surface area contributed by atoms with Crippen molar-refractivity contribution in [2.45, 2.75) is 12.5 Å². The van der Waals surface area contributed by atoms with Gasteiger partial charge in [0.1, 0.15) is 24.1 Å². The van der Waals surface area contributed by atoms with E-state index in [0.29, 0.717) is 35.7 Å². The lowest BCUT2D eigenvalue weighted by atomic mass is 10.00. The van der Waals surface area contributed by atoms with E-state index < -0.39 is 29.5 Å². The number of imidazole rings is 1. The van der Waals surface area contributed by atoms with Gasteiger partial charge in [-0.15, -0.1) is 11.3 Å². The van der Waals surface area contributed by atoms with Gasteiger partial charge in [-0.25, -0.2) is 19.1 Å². The minimum atomic E-state index is -1.28. The fourth-order valence-electron chi connectivity index (χ4n) is 3.93. The second-order valence-corrected chi connectivity index (χ2v) is 9.23. The first-order valence-corrected chi connectivity index (χ1v) is 12.8. The monoisotopic (exact) mass is 563 g/mol. The van der Waals surface area contributed by atoms with E-state index >= 15 is 0 Å². The molecular weight excluding hydrogens is 538 g/mol. The predicted octanol–water partition coefficient (Wildman–Crippen LogP) is 3.11. The van der Waals surface area contributed by atoms with E-state index in [1.54, 1.807) is 55.6 Å². The van der Waals surface area contributed by atoms with Crippen molar-refractivity contribution >= 4 is 28.3 Å². The van der Waals surface area contributed by atoms with E-state index in [-0.39, 0.29) is 22.9 Å². The first-order chi connectivity index (χ1) is 19.4. The molecule has 0 aliphatic heterocycles. The van der Waals surface area contributed by atoms with E-state index in [1.165, 1.54) is 12.5 Å². The highest BCUT2D eigenvalue weighted by atomic mass is 32.1. The van der Waals surface area contributed by atoms with Crippen molar-refractivity contribution in [1.82, 2.24) is 14.5 Å². The summed E-state index contributed by atoms with van der Waals surface area (Å²) in [7, 11) is 2.78. The number of benzene rings is 2. The number of anilines is 1. The molecule has 0 spiro atoms. The number of H-pyrrole nitrogens is 1. The van der Waals surface area contributed by atoms with E-state index in [1.807, 2.05) is 0 Å². The number of amides is 1. The van der Waals surface area contributed by atoms with Crippen molar-refractivity contribution in [2.24, 2.45) is 0 Å². The van der Waals surface area contributed by atoms with Crippen molar-refractivity contribution < 1.29 is 28.9 Å². The molecule has 40 heavy (non-hydrogen) atoms. The number of carbonyl (C=O) groups excluding carboxylic acids is 2. The molecule has 206 valence electrons. The van der Waals surface area contributed by atoms with Crippen molar-refractivity contribution in [2.75, 3.05) is 32.8 Å². The number of ether oxygens (including phenoxy) is 3. The number of aromatic hydroxyl groups is 1. The van der Waals surface area contributed by atoms with Gasteiger partial charge in [0, 0.05) is 24.5 Å². The minimum absolute atomic E-state index is 0.00719. The third-order valence-electron chi connectivity index (χ3n) is 5.90. The zero-order chi connectivity index (χ0) is 28.6. The molecule has 0 bridgehead atoms. The summed E-state index contributed by atoms with van der Waals surface area (Å²) in [6.07, 6.45) is -0.0954. The molecule has 0 aliphatic rings. The van der Waals surface area contributed by atoms with E-state index in [4.69, 9.17) is 9.47 Å². The molecule has 4 rings (SSSR count). The number of hydrogen-bond donors (Lipinski definition) is 3. The molecule has 12 nitrogen and oxygen atoms in total. The van der Waals surface area contributed by atoms with Crippen LogP contribution in [0.25, 0.3) is 11.3 Å². The van der Waals surface area contributed by atoms with Gasteiger partial charge in [0.05, 0.1) is 25.3 Å². The summed E-state index contributed by atoms with van der Waals surface area (Å²) >= 11 is 0.993. The van der Waals surface area contributed by atoms with Crippen LogP contribution in [-0.2, 0) is 20.7 Å². The number of aromatic nitrogens is 3. The lowest BCUT2D eigenvalue weighted by Crippen LogP contribution is -2.33. The first kappa shape index (κ1) is 28.1. The number of nitriles is 1. The molecule has 0 saturated carbocycles. The Morgan fingerprint density at radius 2 is 1.93 bits per heavy atom. The maximum absolute atomic E-state index is 13.5. The van der Waals surface area contributed by atoms with Gasteiger partial charge in [-0.3, -0.25) is 4.79 Å². The Morgan fingerprint density at radius 1 is 1.18 bits per heavy atom. The van der Waals surface area contributed by atoms with Gasteiger partial charge in [-0.1, -0.05) is 18.2 Å². The molecule has 0 saturated heterocycles. The van der Waals surface area contributed by atoms with Crippen LogP contribution in [0.2, 0.25) is 0 Å². The summed E-state index contributed by atoms with van der Waals surface area (Å²) in [6.45, 7) is 0.775. The number of nitrogens with zero attached hydrogens (tertiary/aromatic N) is 3. The summed E-state index contributed by atoms with van der Waals surface area (Å²) in [5.74, 6) is -1.26. The van der Waals surface area contributed by atoms with E-state index in [0.717, 1.165) is 15.9 Å². The predicted molar refractivity (Wildman–Crippen MR) is 146 cm³/mol. The Kier molecular flexibility index (Phi) is 8.95. The third kappa shape index (κ3) is 6.20. The summed E-state index contributed by atoms with van der Waals surface area (Å²) in [4.78, 5) is 45.1. The summed E-state index contributed by atoms with van der Waals surface area (Å²) in [5.41, 5.74) is 0.652. The Labute approximate surface area is 232 Å². The average molecular weight is 564 g/mol. The summed E-state index contributed by atoms with van der Waals surface area (Å²) in [5, 5.41) is 24.8. The maximum Gasteiger partial charge on any atom is 0.357 e. The Bertz CT molecular complexity index is 1600. The van der Waals surface area contributed by atoms with Crippen molar-refractivity contribution in [1.29, 1.82) is 5.26 Å². The SMILES string of the molecule is COCCOc1ccc(-c2[nH]c(=O)n([C@@H](Cc3ccccc3C#N)C(=O)Nc3nc(C(=O)OC)cs3)c2O)cc1. The second kappa shape index (κ2) is 12.7. The molecule has 0 aliphatic carbocycles. The molecule has 0 radical (unpaired) electrons. The lowest BCUT2D eigenvalue weighted by molar-refractivity contribution is -0.119. The maximum atomic E-state index is 13.5. The van der Waals surface area contributed by atoms with E-state index in [2.05, 4.69) is 26.1 Å². The van der Waals surface area contributed by atoms with Gasteiger partial charge in [0.2, 0.25) is 11.8 Å². The van der Waals surface area contributed by atoms with Crippen LogP contribution in [0.15, 0.2) is 58.7 Å². The van der Waals surface area contributed by atoms with Crippen LogP contribution >= 0.6 is 11.3 Å². The standard InChI is InChI=1S/C27H25N5O7S/c1-37-11-12-39-19-9-7-16(8-10-19)22-24(34)32(27(36)30-22)21(13-17-5-3-4-6-18(17)14-28)23(33)31-26-29-20(15-40-26)25(35)38-2/h3-10,15,21,34H,11-13H2,1-2H3,(H,30,36)(H,29,31,33)/t21-/m0/s1. The smallest absolute Gasteiger partial charge is 0.357 e. The molecule has 0 fully saturated rings. The molecule has 0 unspecified atom stereocenters. The van der Waals surface area contributed by atoms with Crippen LogP contribution < -0.4 is 15.7 Å². The highest BCUT2D eigenvalue weighted by molar-refractivity contribution is 7.14. The van der Waals surface area contributed by atoms with Crippen LogP contribution in [-0.4, -0.2) is 59.0 Å². The van der Waals surface area contributed by atoms with Gasteiger partial charge < -0.3 is 29.6 Å². The Morgan fingerprint density at radius 3 is 2.62 bits per heavy atom. The number of esters is 1. The zero-order valence-electron chi connectivity index (χ0n) is 21.5. The number of aromatic amines is 1. The highest BCUT2D eigenvalue weighted by Gasteiger charge is 2.29. The van der Waals surface area contributed by atoms with E-state index in [9.17, 15) is 24.8 Å². The van der Waals surface area contributed by atoms with Crippen molar-refractivity contribution in [3.63, 3.8) is 0 Å². The molecule has 2 heterocycles. The van der Waals surface area contributed by atoms with Gasteiger partial charge in [-0.2, -0.15) is 5.26 Å². The van der Waals surface area contributed by atoms with Gasteiger partial charge in [0.15, 0.2) is 10.8 Å². The summed E-state index contributed by atoms with van der Waals surface area (Å²) in [6, 6.07) is 14.1. The minimum Gasteiger partial charge on any atom is -0.493 e. The lowest BCUT2D eigenvalue weighted by Gasteiger charge is -2.18. The van der Waals surface area contributed by atoms with Crippen LogP contribution in [0.4, 0.5) is 5.13 Å². The fraction of sp³-hybridized carbons (Fsp3) is 0.222. The molecule has 3 N–H and O–H groups in total. The number of rotatable bonds is 11. The zero-order valence-corrected chi connectivity index (χ0v) is 22.4. The molecule has 2 aromatic carbocycles. The highest BCUT2D eigenvalue weighted by Crippen LogP contribution is 2.31. The van der Waals surface area contributed by atoms with Crippen LogP contribution in [0.1, 0.15) is 27.7 Å². The largest absolute Gasteiger partial charge is 0.493 e. The molecular formula is C27H25N5O7S. The van der Waals surface area contributed by atoms with Crippen molar-refractivity contribution in [3.8, 4) is 29.0 Å². The number of thiazole rings is 1. The second-order valence-electron chi connectivity index (χ2n) is 8.37. The number of nitrogens with one attached hydrogen (secondary N) is 2. The average Bonchev–Trinajstić information content (AvgIpc) is 3.55. The normalized spacial score (nSPS) is 11.4. The molecule has 13 heteroatoms. The Hall–Kier alpha value is -4.93. The van der Waals surface area contributed by atoms with Crippen molar-refractivity contribution in [3.05, 3.63) is 81.2 Å². The van der Waals surface area contributed by atoms with Gasteiger partial charge in [-0.05, 0) is 35.9 Å². The van der Waals surface area contributed by atoms with Gasteiger partial charge >= 0.3 is 11.7 Å². The van der Waals surface area contributed by atoms with Crippen LogP contribution in [0.3, 0.4) is 0 Å². The topological polar surface area (TPSA) is 169 Å². The molecule has 2 aromatic heterocycles. The molecule has 1 amide bonds. The fourth-order valence-corrected chi connectivity index (χ4v) is 4.61. The molecule has 4 aromatic rings. The number of methoxy groups -OCH3 is 2. The van der Waals surface area contributed by atoms with Crippen LogP contribution in [0.5, 0.6) is 11.6 Å². The summed E-state index contributed by atoms with van der Waals surface area (Å²) < 4.78 is 16.1. The quantitative estimate of drug-likeness (QED) is 0.183. The van der Waals surface area contributed by atoms with Crippen LogP contribution in [0, 0.1) is 11.3 Å². The number of carbonyl (C=O) groups is 2. The third-order valence-corrected chi connectivity index (χ3v) is 6.65. The number of hydrogen-bond acceptors (Lipinski definition) is 10. The first-order valence-electron chi connectivity index (χ1n) is 11.9. The molecule has 1 atom stereocenters. The van der Waals surface area contributed by atoms with Gasteiger partial charge in [0.25, 0.3) is 0 Å². The Balaban J connectivity index is 1.69.